The highest BCUT2D eigenvalue weighted by molar-refractivity contribution is 7.99. The molecule has 0 radical (unpaired) electrons. The molecule has 0 atom stereocenters. The van der Waals surface area contributed by atoms with Gasteiger partial charge in [-0.3, -0.25) is 0 Å². The van der Waals surface area contributed by atoms with E-state index in [-0.39, 0.29) is 16.2 Å². The molecule has 11 rings (SSSR count). The molecule has 0 aromatic heterocycles. The van der Waals surface area contributed by atoms with Crippen molar-refractivity contribution in [3.8, 4) is 0 Å². The van der Waals surface area contributed by atoms with Crippen LogP contribution in [0.5, 0.6) is 0 Å². The molecule has 4 saturated carbocycles. The first kappa shape index (κ1) is 29.4. The molecule has 1 heterocycles. The second kappa shape index (κ2) is 10.3. The molecule has 4 bridgehead atoms. The summed E-state index contributed by atoms with van der Waals surface area (Å²) in [7, 11) is 0. The Bertz CT molecular complexity index is 2070. The molecule has 48 heavy (non-hydrogen) atoms. The zero-order valence-corrected chi connectivity index (χ0v) is 29.7. The lowest BCUT2D eigenvalue weighted by Gasteiger charge is -2.63. The third-order valence-electron chi connectivity index (χ3n) is 13.7. The first-order chi connectivity index (χ1) is 23.2. The van der Waals surface area contributed by atoms with E-state index in [4.69, 9.17) is 0 Å². The summed E-state index contributed by atoms with van der Waals surface area (Å²) in [5.74, 6) is 3.35. The Balaban J connectivity index is 1.20. The lowest BCUT2D eigenvalue weighted by molar-refractivity contribution is -0.0443. The predicted molar refractivity (Wildman–Crippen MR) is 202 cm³/mol. The molecular weight excluding hydrogens is 599 g/mol. The van der Waals surface area contributed by atoms with Crippen LogP contribution < -0.4 is 4.90 Å². The van der Waals surface area contributed by atoms with Gasteiger partial charge in [-0.05, 0) is 161 Å². The summed E-state index contributed by atoms with van der Waals surface area (Å²) in [6, 6.07) is 40.4. The minimum absolute atomic E-state index is 0.123. The van der Waals surface area contributed by atoms with Gasteiger partial charge < -0.3 is 4.90 Å². The van der Waals surface area contributed by atoms with Gasteiger partial charge in [0.25, 0.3) is 0 Å². The van der Waals surface area contributed by atoms with Crippen LogP contribution in [0, 0.1) is 23.7 Å². The third kappa shape index (κ3) is 4.17. The minimum Gasteiger partial charge on any atom is -0.310 e. The van der Waals surface area contributed by atoms with Gasteiger partial charge in [-0.25, -0.2) is 0 Å². The van der Waals surface area contributed by atoms with E-state index in [2.05, 4.69) is 136 Å². The summed E-state index contributed by atoms with van der Waals surface area (Å²) in [4.78, 5) is 5.56. The molecule has 0 N–H and O–H groups in total. The van der Waals surface area contributed by atoms with Gasteiger partial charge in [-0.2, -0.15) is 0 Å². The Morgan fingerprint density at radius 2 is 1.06 bits per heavy atom. The number of fused-ring (bicyclic) bond motifs is 4. The van der Waals surface area contributed by atoms with E-state index in [0.29, 0.717) is 0 Å². The maximum atomic E-state index is 2.66. The van der Waals surface area contributed by atoms with E-state index in [9.17, 15) is 0 Å². The summed E-state index contributed by atoms with van der Waals surface area (Å²) in [5.41, 5.74) is 10.6. The van der Waals surface area contributed by atoms with E-state index in [1.54, 1.807) is 11.1 Å². The molecule has 2 heteroatoms. The van der Waals surface area contributed by atoms with Crippen molar-refractivity contribution < 1.29 is 0 Å². The Kier molecular flexibility index (Phi) is 6.29. The van der Waals surface area contributed by atoms with Crippen molar-refractivity contribution in [2.75, 3.05) is 4.90 Å². The van der Waals surface area contributed by atoms with E-state index in [1.165, 1.54) is 93.7 Å². The fourth-order valence-electron chi connectivity index (χ4n) is 11.5. The fourth-order valence-corrected chi connectivity index (χ4v) is 12.7. The molecule has 6 aliphatic rings. The van der Waals surface area contributed by atoms with Crippen molar-refractivity contribution in [3.63, 3.8) is 0 Å². The van der Waals surface area contributed by atoms with Crippen LogP contribution in [-0.4, -0.2) is 0 Å². The van der Waals surface area contributed by atoms with Gasteiger partial charge in [0.05, 0.1) is 0 Å². The van der Waals surface area contributed by atoms with Gasteiger partial charge in [-0.15, -0.1) is 0 Å². The summed E-state index contributed by atoms with van der Waals surface area (Å²) >= 11 is 2.01. The van der Waals surface area contributed by atoms with Crippen LogP contribution in [0.3, 0.4) is 0 Å². The largest absolute Gasteiger partial charge is 0.310 e. The van der Waals surface area contributed by atoms with Crippen LogP contribution in [0.4, 0.5) is 17.1 Å². The molecule has 4 fully saturated rings. The monoisotopic (exact) mass is 645 g/mol. The van der Waals surface area contributed by atoms with Crippen LogP contribution >= 0.6 is 11.8 Å². The molecule has 1 spiro atoms. The van der Waals surface area contributed by atoms with E-state index >= 15 is 0 Å². The van der Waals surface area contributed by atoms with Crippen molar-refractivity contribution in [3.05, 3.63) is 125 Å². The number of anilines is 3. The highest BCUT2D eigenvalue weighted by Crippen LogP contribution is 2.69. The maximum absolute atomic E-state index is 2.66. The molecule has 1 nitrogen and oxygen atoms in total. The number of benzene rings is 5. The minimum atomic E-state index is 0.123. The molecule has 5 aromatic carbocycles. The first-order valence-electron chi connectivity index (χ1n) is 18.6. The summed E-state index contributed by atoms with van der Waals surface area (Å²) in [5, 5.41) is 2.58. The Hall–Kier alpha value is -3.49. The van der Waals surface area contributed by atoms with Gasteiger partial charge in [0, 0.05) is 32.3 Å². The van der Waals surface area contributed by atoms with Crippen LogP contribution in [0.2, 0.25) is 0 Å². The average molecular weight is 646 g/mol. The van der Waals surface area contributed by atoms with Gasteiger partial charge in [0.15, 0.2) is 0 Å². The molecular formula is C46H47NS. The SMILES string of the molecule is CC1(C)CCC(C)(C)c2cc(N(c3ccc4c(c3)C3(c5ccccc5S4)C4CC5CC(C4)CC3C5)c3ccc4ccccc4c3)ccc21. The van der Waals surface area contributed by atoms with Crippen molar-refractivity contribution in [1.29, 1.82) is 0 Å². The van der Waals surface area contributed by atoms with Gasteiger partial charge in [0.2, 0.25) is 0 Å². The smallest absolute Gasteiger partial charge is 0.0468 e. The Morgan fingerprint density at radius 3 is 1.81 bits per heavy atom. The molecule has 1 aliphatic heterocycles. The lowest BCUT2D eigenvalue weighted by Crippen LogP contribution is -2.57. The van der Waals surface area contributed by atoms with Gasteiger partial charge in [0.1, 0.15) is 0 Å². The van der Waals surface area contributed by atoms with Crippen molar-refractivity contribution in [1.82, 2.24) is 0 Å². The van der Waals surface area contributed by atoms with Crippen LogP contribution in [-0.2, 0) is 16.2 Å². The van der Waals surface area contributed by atoms with Crippen molar-refractivity contribution in [2.45, 2.75) is 98.7 Å². The van der Waals surface area contributed by atoms with E-state index < -0.39 is 0 Å². The second-order valence-corrected chi connectivity index (χ2v) is 18.4. The standard InChI is InChI=1S/C46H47NS/c1-44(2)19-20-45(3,4)40-27-36(15-17-38(40)44)47(35-14-13-31-9-5-6-10-32(31)26-35)37-16-18-43-41(28-37)46(39-11-7-8-12-42(39)48-43)33-22-29-21-30(24-33)25-34(46)23-29/h5-18,26-30,33-34H,19-25H2,1-4H3. The zero-order chi connectivity index (χ0) is 32.4. The molecule has 0 unspecified atom stereocenters. The summed E-state index contributed by atoms with van der Waals surface area (Å²) < 4.78 is 0. The topological polar surface area (TPSA) is 3.24 Å². The predicted octanol–water partition coefficient (Wildman–Crippen LogP) is 12.9. The zero-order valence-electron chi connectivity index (χ0n) is 28.9. The highest BCUT2D eigenvalue weighted by Gasteiger charge is 2.60. The van der Waals surface area contributed by atoms with Crippen LogP contribution in [0.1, 0.15) is 94.9 Å². The lowest BCUT2D eigenvalue weighted by atomic mass is 9.42. The number of hydrogen-bond acceptors (Lipinski definition) is 2. The summed E-state index contributed by atoms with van der Waals surface area (Å²) in [6.07, 6.45) is 9.54. The van der Waals surface area contributed by atoms with E-state index in [0.717, 1.165) is 23.7 Å². The molecule has 5 aliphatic carbocycles. The van der Waals surface area contributed by atoms with Crippen molar-refractivity contribution >= 4 is 39.6 Å². The number of hydrogen-bond donors (Lipinski definition) is 0. The molecule has 242 valence electrons. The summed E-state index contributed by atoms with van der Waals surface area (Å²) in [6.45, 7) is 9.78. The van der Waals surface area contributed by atoms with Gasteiger partial charge in [-0.1, -0.05) is 94.1 Å². The van der Waals surface area contributed by atoms with E-state index in [1.807, 2.05) is 11.8 Å². The highest BCUT2D eigenvalue weighted by atomic mass is 32.2. The average Bonchev–Trinajstić information content (AvgIpc) is 3.08. The normalized spacial score (nSPS) is 28.6. The number of rotatable bonds is 3. The molecule has 5 aromatic rings. The van der Waals surface area contributed by atoms with Crippen LogP contribution in [0.15, 0.2) is 113 Å². The first-order valence-corrected chi connectivity index (χ1v) is 19.4. The Labute approximate surface area is 291 Å². The maximum Gasteiger partial charge on any atom is 0.0468 e. The third-order valence-corrected chi connectivity index (χ3v) is 14.9. The quantitative estimate of drug-likeness (QED) is 0.192. The fraction of sp³-hybridized carbons (Fsp3) is 0.391. The Morgan fingerprint density at radius 1 is 0.500 bits per heavy atom. The van der Waals surface area contributed by atoms with Crippen molar-refractivity contribution in [2.24, 2.45) is 23.7 Å². The number of nitrogens with zero attached hydrogens (tertiary/aromatic N) is 1. The molecule has 0 amide bonds. The molecule has 0 saturated heterocycles. The van der Waals surface area contributed by atoms with Gasteiger partial charge >= 0.3 is 0 Å². The van der Waals surface area contributed by atoms with Crippen LogP contribution in [0.25, 0.3) is 10.8 Å². The second-order valence-electron chi connectivity index (χ2n) is 17.3.